The van der Waals surface area contributed by atoms with E-state index < -0.39 is 0 Å². The van der Waals surface area contributed by atoms with E-state index >= 15 is 0 Å². The molecule has 9 heteroatoms. The molecule has 0 saturated heterocycles. The number of para-hydroxylation sites is 1. The molecule has 0 unspecified atom stereocenters. The molecule has 3 atom stereocenters. The van der Waals surface area contributed by atoms with Crippen LogP contribution in [0.2, 0.25) is 0 Å². The van der Waals surface area contributed by atoms with Crippen LogP contribution in [0.3, 0.4) is 0 Å². The van der Waals surface area contributed by atoms with E-state index in [-0.39, 0.29) is 23.9 Å². The molecule has 2 aromatic heterocycles. The second-order valence-electron chi connectivity index (χ2n) is 6.80. The van der Waals surface area contributed by atoms with Crippen molar-refractivity contribution in [3.05, 3.63) is 48.3 Å². The van der Waals surface area contributed by atoms with Gasteiger partial charge in [0.25, 0.3) is 0 Å². The summed E-state index contributed by atoms with van der Waals surface area (Å²) in [6.07, 6.45) is 3.73. The molecule has 2 N–H and O–H groups in total. The quantitative estimate of drug-likeness (QED) is 0.644. The van der Waals surface area contributed by atoms with Gasteiger partial charge in [-0.15, -0.1) is 5.10 Å². The van der Waals surface area contributed by atoms with Crippen molar-refractivity contribution >= 4 is 29.3 Å². The Kier molecular flexibility index (Phi) is 5.08. The number of hydrogen-bond acceptors (Lipinski definition) is 6. The first-order valence-electron chi connectivity index (χ1n) is 9.27. The van der Waals surface area contributed by atoms with Gasteiger partial charge in [0, 0.05) is 30.5 Å². The molecule has 0 spiro atoms. The Bertz CT molecular complexity index is 968. The highest BCUT2D eigenvalue weighted by molar-refractivity contribution is 7.99. The fraction of sp³-hybridized carbons (Fsp3) is 0.368. The molecule has 4 rings (SSSR count). The van der Waals surface area contributed by atoms with Crippen molar-refractivity contribution in [3.63, 3.8) is 0 Å². The number of anilines is 2. The summed E-state index contributed by atoms with van der Waals surface area (Å²) in [7, 11) is 1.87. The zero-order chi connectivity index (χ0) is 19.7. The molecular formula is C19H23N7OS. The number of carbonyl (C=O) groups excluding carboxylic acids is 1. The summed E-state index contributed by atoms with van der Waals surface area (Å²) in [6, 6.07) is 9.09. The second-order valence-corrected chi connectivity index (χ2v) is 8.03. The number of nitrogens with one attached hydrogen (secondary N) is 2. The van der Waals surface area contributed by atoms with Crippen LogP contribution < -0.4 is 10.6 Å². The number of thioether (sulfide) groups is 1. The number of fused-ring (bicyclic) bond motifs is 1. The van der Waals surface area contributed by atoms with Crippen molar-refractivity contribution in [1.82, 2.24) is 24.5 Å². The molecule has 1 amide bonds. The van der Waals surface area contributed by atoms with Crippen molar-refractivity contribution in [3.8, 4) is 0 Å². The lowest BCUT2D eigenvalue weighted by Crippen LogP contribution is -2.46. The van der Waals surface area contributed by atoms with Gasteiger partial charge in [-0.25, -0.2) is 4.68 Å². The lowest BCUT2D eigenvalue weighted by atomic mass is 9.86. The molecule has 3 aromatic rings. The van der Waals surface area contributed by atoms with E-state index in [0.29, 0.717) is 11.1 Å². The maximum absolute atomic E-state index is 13.3. The Hall–Kier alpha value is -2.81. The Morgan fingerprint density at radius 2 is 2.11 bits per heavy atom. The van der Waals surface area contributed by atoms with Gasteiger partial charge in [-0.05, 0) is 24.8 Å². The SMILES string of the molecule is CCSc1nc2n(n1)[C@@H](c1cnn(C)c1)[C@@H](C(=O)Nc1ccccc1)[C@H](C)N2. The van der Waals surface area contributed by atoms with Crippen LogP contribution >= 0.6 is 11.8 Å². The molecule has 0 saturated carbocycles. The summed E-state index contributed by atoms with van der Waals surface area (Å²) in [5.41, 5.74) is 1.71. The van der Waals surface area contributed by atoms with Gasteiger partial charge < -0.3 is 10.6 Å². The highest BCUT2D eigenvalue weighted by Gasteiger charge is 2.42. The number of hydrogen-bond donors (Lipinski definition) is 2. The number of benzene rings is 1. The lowest BCUT2D eigenvalue weighted by Gasteiger charge is -2.36. The summed E-state index contributed by atoms with van der Waals surface area (Å²) in [5.74, 6) is 1.12. The Labute approximate surface area is 167 Å². The first kappa shape index (κ1) is 18.5. The second kappa shape index (κ2) is 7.67. The number of rotatable bonds is 5. The van der Waals surface area contributed by atoms with E-state index in [2.05, 4.69) is 32.7 Å². The summed E-state index contributed by atoms with van der Waals surface area (Å²) in [6.45, 7) is 4.07. The molecule has 0 bridgehead atoms. The molecule has 0 aliphatic carbocycles. The molecular weight excluding hydrogens is 374 g/mol. The van der Waals surface area contributed by atoms with Crippen molar-refractivity contribution < 1.29 is 4.79 Å². The maximum Gasteiger partial charge on any atom is 0.232 e. The van der Waals surface area contributed by atoms with Gasteiger partial charge in [0.2, 0.25) is 17.0 Å². The normalized spacial score (nSPS) is 21.0. The number of carbonyl (C=O) groups is 1. The van der Waals surface area contributed by atoms with Crippen LogP contribution in [0.5, 0.6) is 0 Å². The highest BCUT2D eigenvalue weighted by atomic mass is 32.2. The van der Waals surface area contributed by atoms with Crippen LogP contribution in [-0.4, -0.2) is 42.2 Å². The van der Waals surface area contributed by atoms with E-state index in [1.807, 2.05) is 55.2 Å². The molecule has 146 valence electrons. The molecule has 28 heavy (non-hydrogen) atoms. The first-order valence-corrected chi connectivity index (χ1v) is 10.3. The lowest BCUT2D eigenvalue weighted by molar-refractivity contribution is -0.121. The van der Waals surface area contributed by atoms with Crippen LogP contribution in [0.1, 0.15) is 25.5 Å². The number of aromatic nitrogens is 5. The smallest absolute Gasteiger partial charge is 0.232 e. The molecule has 1 aliphatic heterocycles. The monoisotopic (exact) mass is 397 g/mol. The van der Waals surface area contributed by atoms with Gasteiger partial charge in [-0.3, -0.25) is 9.48 Å². The minimum atomic E-state index is -0.377. The third kappa shape index (κ3) is 3.49. The van der Waals surface area contributed by atoms with Gasteiger partial charge in [0.1, 0.15) is 0 Å². The van der Waals surface area contributed by atoms with Gasteiger partial charge in [0.05, 0.1) is 18.2 Å². The minimum absolute atomic E-state index is 0.0640. The Morgan fingerprint density at radius 3 is 2.79 bits per heavy atom. The molecule has 3 heterocycles. The van der Waals surface area contributed by atoms with E-state index in [4.69, 9.17) is 0 Å². The van der Waals surface area contributed by atoms with Crippen LogP contribution in [0, 0.1) is 5.92 Å². The molecule has 1 aliphatic rings. The summed E-state index contributed by atoms with van der Waals surface area (Å²) in [4.78, 5) is 17.9. The maximum atomic E-state index is 13.3. The van der Waals surface area contributed by atoms with Crippen LogP contribution in [-0.2, 0) is 11.8 Å². The third-order valence-electron chi connectivity index (χ3n) is 4.79. The third-order valence-corrected chi connectivity index (χ3v) is 5.51. The van der Waals surface area contributed by atoms with E-state index in [0.717, 1.165) is 17.0 Å². The predicted molar refractivity (Wildman–Crippen MR) is 109 cm³/mol. The average molecular weight is 398 g/mol. The molecule has 8 nitrogen and oxygen atoms in total. The number of amides is 1. The molecule has 0 fully saturated rings. The molecule has 0 radical (unpaired) electrons. The predicted octanol–water partition coefficient (Wildman–Crippen LogP) is 2.78. The van der Waals surface area contributed by atoms with Gasteiger partial charge >= 0.3 is 0 Å². The van der Waals surface area contributed by atoms with Gasteiger partial charge in [-0.2, -0.15) is 10.1 Å². The van der Waals surface area contributed by atoms with Crippen molar-refractivity contribution in [2.45, 2.75) is 31.1 Å². The Balaban J connectivity index is 1.73. The van der Waals surface area contributed by atoms with Gasteiger partial charge in [-0.1, -0.05) is 36.9 Å². The van der Waals surface area contributed by atoms with Crippen molar-refractivity contribution in [2.75, 3.05) is 16.4 Å². The van der Waals surface area contributed by atoms with E-state index in [1.165, 1.54) is 0 Å². The average Bonchev–Trinajstić information content (AvgIpc) is 3.27. The number of aryl methyl sites for hydroxylation is 1. The van der Waals surface area contributed by atoms with Crippen LogP contribution in [0.25, 0.3) is 0 Å². The zero-order valence-corrected chi connectivity index (χ0v) is 16.8. The summed E-state index contributed by atoms with van der Waals surface area (Å²) in [5, 5.41) is 16.1. The van der Waals surface area contributed by atoms with Crippen molar-refractivity contribution in [2.24, 2.45) is 13.0 Å². The van der Waals surface area contributed by atoms with E-state index in [1.54, 1.807) is 22.6 Å². The van der Waals surface area contributed by atoms with Gasteiger partial charge in [0.15, 0.2) is 0 Å². The largest absolute Gasteiger partial charge is 0.351 e. The topological polar surface area (TPSA) is 89.7 Å². The number of nitrogens with zero attached hydrogens (tertiary/aromatic N) is 5. The summed E-state index contributed by atoms with van der Waals surface area (Å²) >= 11 is 1.58. The van der Waals surface area contributed by atoms with Crippen molar-refractivity contribution in [1.29, 1.82) is 0 Å². The fourth-order valence-corrected chi connectivity index (χ4v) is 4.12. The Morgan fingerprint density at radius 1 is 1.32 bits per heavy atom. The van der Waals surface area contributed by atoms with Crippen LogP contribution in [0.4, 0.5) is 11.6 Å². The minimum Gasteiger partial charge on any atom is -0.351 e. The first-order chi connectivity index (χ1) is 13.6. The summed E-state index contributed by atoms with van der Waals surface area (Å²) < 4.78 is 3.57. The molecule has 1 aromatic carbocycles. The zero-order valence-electron chi connectivity index (χ0n) is 16.0. The standard InChI is InChI=1S/C19H23N7OS/c1-4-28-19-23-18-21-12(2)15(17(27)22-14-8-6-5-7-9-14)16(26(18)24-19)13-10-20-25(3)11-13/h5-12,15-16H,4H2,1-3H3,(H,22,27)(H,21,23,24)/t12-,15-,16-/m0/s1. The van der Waals surface area contributed by atoms with E-state index in [9.17, 15) is 4.79 Å². The van der Waals surface area contributed by atoms with Crippen LogP contribution in [0.15, 0.2) is 47.9 Å². The fourth-order valence-electron chi connectivity index (χ4n) is 3.56. The highest BCUT2D eigenvalue weighted by Crippen LogP contribution is 2.37.